The normalized spacial score (nSPS) is 22.4. The maximum absolute atomic E-state index is 6.20. The molecule has 0 aliphatic carbocycles. The van der Waals surface area contributed by atoms with Gasteiger partial charge in [0.25, 0.3) is 0 Å². The summed E-state index contributed by atoms with van der Waals surface area (Å²) >= 11 is 0. The Labute approximate surface area is 118 Å². The van der Waals surface area contributed by atoms with Gasteiger partial charge in [-0.25, -0.2) is 4.98 Å². The van der Waals surface area contributed by atoms with E-state index in [1.54, 1.807) is 0 Å². The summed E-state index contributed by atoms with van der Waals surface area (Å²) in [5, 5.41) is 0. The van der Waals surface area contributed by atoms with Crippen molar-refractivity contribution >= 4 is 0 Å². The number of nitrogens with two attached hydrogens (primary N) is 1. The molecule has 2 aliphatic rings. The van der Waals surface area contributed by atoms with Gasteiger partial charge in [0.15, 0.2) is 0 Å². The number of para-hydroxylation sites is 1. The van der Waals surface area contributed by atoms with Crippen LogP contribution in [0.2, 0.25) is 0 Å². The van der Waals surface area contributed by atoms with Gasteiger partial charge in [0, 0.05) is 24.6 Å². The van der Waals surface area contributed by atoms with Crippen LogP contribution in [0.25, 0.3) is 11.3 Å². The van der Waals surface area contributed by atoms with Crippen molar-refractivity contribution in [1.29, 1.82) is 0 Å². The predicted octanol–water partition coefficient (Wildman–Crippen LogP) is 2.45. The third-order valence-corrected chi connectivity index (χ3v) is 4.28. The first-order valence-electron chi connectivity index (χ1n) is 7.20. The molecule has 104 valence electrons. The number of rotatable bonds is 0. The predicted molar refractivity (Wildman–Crippen MR) is 77.6 cm³/mol. The minimum Gasteiger partial charge on any atom is -0.481 e. The summed E-state index contributed by atoms with van der Waals surface area (Å²) in [5.41, 5.74) is 9.10. The van der Waals surface area contributed by atoms with Crippen molar-refractivity contribution in [1.82, 2.24) is 9.55 Å². The van der Waals surface area contributed by atoms with E-state index in [0.29, 0.717) is 0 Å². The van der Waals surface area contributed by atoms with Crippen LogP contribution < -0.4 is 10.5 Å². The first kappa shape index (κ1) is 12.0. The summed E-state index contributed by atoms with van der Waals surface area (Å²) in [5.74, 6) is 2.06. The van der Waals surface area contributed by atoms with Crippen molar-refractivity contribution in [2.45, 2.75) is 44.9 Å². The third-order valence-electron chi connectivity index (χ3n) is 4.28. The second-order valence-corrected chi connectivity index (χ2v) is 6.24. The Hall–Kier alpha value is -1.81. The largest absolute Gasteiger partial charge is 0.481 e. The molecule has 0 amide bonds. The fraction of sp³-hybridized carbons (Fsp3) is 0.438. The molecule has 1 aromatic heterocycles. The molecule has 0 fully saturated rings. The third kappa shape index (κ3) is 1.54. The zero-order chi connectivity index (χ0) is 13.9. The molecule has 0 bridgehead atoms. The van der Waals surface area contributed by atoms with Crippen molar-refractivity contribution in [3.05, 3.63) is 35.8 Å². The second kappa shape index (κ2) is 3.85. The molecule has 0 radical (unpaired) electrons. The first-order chi connectivity index (χ1) is 9.56. The first-order valence-corrected chi connectivity index (χ1v) is 7.20. The van der Waals surface area contributed by atoms with Gasteiger partial charge in [0.1, 0.15) is 17.2 Å². The number of imidazole rings is 1. The smallest absolute Gasteiger partial charge is 0.145 e. The van der Waals surface area contributed by atoms with E-state index in [-0.39, 0.29) is 11.6 Å². The van der Waals surface area contributed by atoms with E-state index < -0.39 is 0 Å². The van der Waals surface area contributed by atoms with E-state index >= 15 is 0 Å². The highest BCUT2D eigenvalue weighted by Crippen LogP contribution is 2.45. The fourth-order valence-corrected chi connectivity index (χ4v) is 3.40. The van der Waals surface area contributed by atoms with Gasteiger partial charge in [-0.05, 0) is 32.4 Å². The summed E-state index contributed by atoms with van der Waals surface area (Å²) < 4.78 is 8.48. The Balaban J connectivity index is 1.99. The maximum Gasteiger partial charge on any atom is 0.145 e. The average molecular weight is 269 g/mol. The highest BCUT2D eigenvalue weighted by atomic mass is 16.5. The van der Waals surface area contributed by atoms with Crippen LogP contribution in [0, 0.1) is 0 Å². The molecule has 0 saturated heterocycles. The van der Waals surface area contributed by atoms with Gasteiger partial charge in [-0.1, -0.05) is 12.1 Å². The topological polar surface area (TPSA) is 53.1 Å². The zero-order valence-corrected chi connectivity index (χ0v) is 11.9. The van der Waals surface area contributed by atoms with Crippen LogP contribution in [-0.4, -0.2) is 15.6 Å². The second-order valence-electron chi connectivity index (χ2n) is 6.24. The lowest BCUT2D eigenvalue weighted by molar-refractivity contribution is 0.0946. The van der Waals surface area contributed by atoms with Crippen LogP contribution in [-0.2, 0) is 18.6 Å². The Kier molecular flexibility index (Phi) is 2.31. The molecule has 0 spiro atoms. The molecule has 3 heterocycles. The summed E-state index contributed by atoms with van der Waals surface area (Å²) in [7, 11) is 0. The molecule has 4 nitrogen and oxygen atoms in total. The van der Waals surface area contributed by atoms with Gasteiger partial charge in [-0.2, -0.15) is 0 Å². The quantitative estimate of drug-likeness (QED) is 0.799. The number of ether oxygens (including phenoxy) is 1. The highest BCUT2D eigenvalue weighted by molar-refractivity contribution is 5.72. The molecule has 1 unspecified atom stereocenters. The molecule has 2 N–H and O–H groups in total. The van der Waals surface area contributed by atoms with Crippen LogP contribution in [0.5, 0.6) is 5.75 Å². The van der Waals surface area contributed by atoms with Crippen molar-refractivity contribution in [2.75, 3.05) is 0 Å². The maximum atomic E-state index is 6.20. The Morgan fingerprint density at radius 1 is 1.35 bits per heavy atom. The van der Waals surface area contributed by atoms with Crippen LogP contribution in [0.3, 0.4) is 0 Å². The number of benzene rings is 1. The molecular formula is C16H19N3O. The van der Waals surface area contributed by atoms with Gasteiger partial charge in [0.2, 0.25) is 0 Å². The Morgan fingerprint density at radius 2 is 2.15 bits per heavy atom. The molecular weight excluding hydrogens is 250 g/mol. The lowest BCUT2D eigenvalue weighted by Crippen LogP contribution is -2.37. The fourth-order valence-electron chi connectivity index (χ4n) is 3.40. The molecule has 2 aromatic rings. The number of aromatic nitrogens is 2. The lowest BCUT2D eigenvalue weighted by Gasteiger charge is -2.34. The molecule has 4 heteroatoms. The number of aryl methyl sites for hydroxylation is 1. The number of hydrogen-bond donors (Lipinski definition) is 1. The lowest BCUT2D eigenvalue weighted by atomic mass is 9.94. The van der Waals surface area contributed by atoms with E-state index in [9.17, 15) is 0 Å². The summed E-state index contributed by atoms with van der Waals surface area (Å²) in [4.78, 5) is 4.89. The SMILES string of the molecule is CC1(C)Oc2ccccc2-c2nc3n(c21)CC(N)CC3. The monoisotopic (exact) mass is 269 g/mol. The van der Waals surface area contributed by atoms with Crippen LogP contribution in [0.1, 0.15) is 31.8 Å². The van der Waals surface area contributed by atoms with Crippen LogP contribution in [0.4, 0.5) is 0 Å². The van der Waals surface area contributed by atoms with Crippen molar-refractivity contribution in [2.24, 2.45) is 5.73 Å². The molecule has 2 aliphatic heterocycles. The number of hydrogen-bond acceptors (Lipinski definition) is 3. The van der Waals surface area contributed by atoms with Crippen LogP contribution in [0.15, 0.2) is 24.3 Å². The summed E-state index contributed by atoms with van der Waals surface area (Å²) in [6.45, 7) is 5.06. The standard InChI is InChI=1S/C16H19N3O/c1-16(2)15-14(11-5-3-4-6-12(11)20-16)18-13-8-7-10(17)9-19(13)15/h3-6,10H,7-9,17H2,1-2H3. The van der Waals surface area contributed by atoms with Gasteiger partial charge in [-0.15, -0.1) is 0 Å². The van der Waals surface area contributed by atoms with Crippen molar-refractivity contribution in [3.8, 4) is 17.0 Å². The van der Waals surface area contributed by atoms with Crippen molar-refractivity contribution < 1.29 is 4.74 Å². The summed E-state index contributed by atoms with van der Waals surface area (Å²) in [6.07, 6.45) is 1.96. The van der Waals surface area contributed by atoms with E-state index in [2.05, 4.69) is 24.5 Å². The summed E-state index contributed by atoms with van der Waals surface area (Å²) in [6, 6.07) is 8.36. The van der Waals surface area contributed by atoms with Gasteiger partial charge in [0.05, 0.1) is 11.4 Å². The average Bonchev–Trinajstić information content (AvgIpc) is 2.78. The van der Waals surface area contributed by atoms with Gasteiger partial charge >= 0.3 is 0 Å². The molecule has 20 heavy (non-hydrogen) atoms. The molecule has 1 aromatic carbocycles. The van der Waals surface area contributed by atoms with E-state index in [0.717, 1.165) is 42.2 Å². The Morgan fingerprint density at radius 3 is 3.00 bits per heavy atom. The van der Waals surface area contributed by atoms with E-state index in [4.69, 9.17) is 15.5 Å². The van der Waals surface area contributed by atoms with Crippen molar-refractivity contribution in [3.63, 3.8) is 0 Å². The minimum atomic E-state index is -0.369. The van der Waals surface area contributed by atoms with Gasteiger partial charge < -0.3 is 15.0 Å². The zero-order valence-electron chi connectivity index (χ0n) is 11.9. The minimum absolute atomic E-state index is 0.216. The highest BCUT2D eigenvalue weighted by Gasteiger charge is 2.39. The van der Waals surface area contributed by atoms with Crippen LogP contribution >= 0.6 is 0 Å². The number of nitrogens with zero attached hydrogens (tertiary/aromatic N) is 2. The molecule has 1 atom stereocenters. The van der Waals surface area contributed by atoms with E-state index in [1.807, 2.05) is 18.2 Å². The molecule has 0 saturated carbocycles. The van der Waals surface area contributed by atoms with Gasteiger partial charge in [-0.3, -0.25) is 0 Å². The van der Waals surface area contributed by atoms with E-state index in [1.165, 1.54) is 5.69 Å². The number of fused-ring (bicyclic) bond motifs is 5. The molecule has 4 rings (SSSR count). The Bertz CT molecular complexity index is 687.